The summed E-state index contributed by atoms with van der Waals surface area (Å²) in [7, 11) is 0. The Kier molecular flexibility index (Phi) is 5.00. The molecule has 32 heavy (non-hydrogen) atoms. The van der Waals surface area contributed by atoms with E-state index in [2.05, 4.69) is 21.0 Å². The molecule has 4 heterocycles. The van der Waals surface area contributed by atoms with Crippen LogP contribution in [0.2, 0.25) is 0 Å². The number of ether oxygens (including phenoxy) is 1. The predicted molar refractivity (Wildman–Crippen MR) is 122 cm³/mol. The van der Waals surface area contributed by atoms with E-state index < -0.39 is 0 Å². The average Bonchev–Trinajstić information content (AvgIpc) is 3.34. The van der Waals surface area contributed by atoms with Crippen LogP contribution >= 0.6 is 0 Å². The normalized spacial score (nSPS) is 17.0. The number of amides is 2. The Balaban J connectivity index is 1.36. The molecular formula is C24H28N6O2. The lowest BCUT2D eigenvalue weighted by atomic mass is 9.76. The summed E-state index contributed by atoms with van der Waals surface area (Å²) >= 11 is 0. The van der Waals surface area contributed by atoms with Crippen LogP contribution in [0.5, 0.6) is 5.75 Å². The van der Waals surface area contributed by atoms with Crippen molar-refractivity contribution in [3.63, 3.8) is 0 Å². The molecule has 5 rings (SSSR count). The summed E-state index contributed by atoms with van der Waals surface area (Å²) in [6, 6.07) is 14.1. The molecule has 2 aliphatic rings. The maximum Gasteiger partial charge on any atom is 0.317 e. The lowest BCUT2D eigenvalue weighted by Gasteiger charge is -2.47. The maximum absolute atomic E-state index is 12.1. The van der Waals surface area contributed by atoms with Gasteiger partial charge in [0.05, 0.1) is 5.69 Å². The zero-order valence-electron chi connectivity index (χ0n) is 18.4. The summed E-state index contributed by atoms with van der Waals surface area (Å²) in [5.74, 6) is 0.907. The number of nitrogens with zero attached hydrogens (tertiary/aromatic N) is 4. The number of urea groups is 1. The lowest BCUT2D eigenvalue weighted by molar-refractivity contribution is 0.0925. The van der Waals surface area contributed by atoms with Crippen molar-refractivity contribution in [1.29, 1.82) is 0 Å². The lowest BCUT2D eigenvalue weighted by Crippen LogP contribution is -2.62. The topological polar surface area (TPSA) is 98.3 Å². The van der Waals surface area contributed by atoms with Crippen LogP contribution in [-0.4, -0.2) is 45.3 Å². The number of anilines is 1. The minimum atomic E-state index is -0.152. The molecule has 1 saturated heterocycles. The number of hydrogen-bond acceptors (Lipinski definition) is 5. The fourth-order valence-corrected chi connectivity index (χ4v) is 4.69. The summed E-state index contributed by atoms with van der Waals surface area (Å²) in [6.45, 7) is 6.88. The summed E-state index contributed by atoms with van der Waals surface area (Å²) in [4.78, 5) is 18.3. The van der Waals surface area contributed by atoms with Crippen molar-refractivity contribution in [1.82, 2.24) is 25.0 Å². The monoisotopic (exact) mass is 432 g/mol. The highest BCUT2D eigenvalue weighted by molar-refractivity contribution is 5.76. The Morgan fingerprint density at radius 1 is 1.28 bits per heavy atom. The molecule has 1 aromatic carbocycles. The van der Waals surface area contributed by atoms with Crippen molar-refractivity contribution in [2.24, 2.45) is 0 Å². The van der Waals surface area contributed by atoms with Gasteiger partial charge in [-0.15, -0.1) is 0 Å². The number of pyridine rings is 1. The molecule has 2 aliphatic heterocycles. The standard InChI is InChI=1S/C24H28N6O2/c1-3-26-23(31)29-14-24(15-29)9-10-30-21(24)12-19(28-30)18-11-20(22(25)27-13-18)32-16(2)17-7-5-4-6-8-17/h4-8,11-13,16H,3,9-10,14-15H2,1-2H3,(H2,25,27)(H,26,31). The minimum absolute atomic E-state index is 0.00127. The van der Waals surface area contributed by atoms with Crippen LogP contribution in [0.1, 0.15) is 37.6 Å². The van der Waals surface area contributed by atoms with Crippen molar-refractivity contribution < 1.29 is 9.53 Å². The number of carbonyl (C=O) groups excluding carboxylic acids is 1. The third-order valence-electron chi connectivity index (χ3n) is 6.48. The minimum Gasteiger partial charge on any atom is -0.482 e. The number of fused-ring (bicyclic) bond motifs is 2. The number of nitrogens with one attached hydrogen (secondary N) is 1. The molecule has 3 aromatic rings. The van der Waals surface area contributed by atoms with Crippen molar-refractivity contribution in [2.75, 3.05) is 25.4 Å². The summed E-state index contributed by atoms with van der Waals surface area (Å²) in [6.07, 6.45) is 2.59. The van der Waals surface area contributed by atoms with Crippen LogP contribution in [0.3, 0.4) is 0 Å². The number of nitrogen functional groups attached to an aromatic ring is 1. The highest BCUT2D eigenvalue weighted by Gasteiger charge is 2.51. The van der Waals surface area contributed by atoms with Crippen molar-refractivity contribution in [2.45, 2.75) is 38.3 Å². The van der Waals surface area contributed by atoms with Crippen LogP contribution in [-0.2, 0) is 12.0 Å². The van der Waals surface area contributed by atoms with Gasteiger partial charge in [-0.1, -0.05) is 30.3 Å². The van der Waals surface area contributed by atoms with E-state index in [4.69, 9.17) is 15.6 Å². The predicted octanol–water partition coefficient (Wildman–Crippen LogP) is 3.35. The second kappa shape index (κ2) is 7.85. The Bertz CT molecular complexity index is 1140. The van der Waals surface area contributed by atoms with Gasteiger partial charge in [0, 0.05) is 49.0 Å². The number of rotatable bonds is 5. The van der Waals surface area contributed by atoms with Crippen LogP contribution in [0.4, 0.5) is 10.6 Å². The Morgan fingerprint density at radius 2 is 2.06 bits per heavy atom. The average molecular weight is 433 g/mol. The van der Waals surface area contributed by atoms with E-state index in [-0.39, 0.29) is 17.6 Å². The van der Waals surface area contributed by atoms with Gasteiger partial charge in [-0.2, -0.15) is 5.10 Å². The van der Waals surface area contributed by atoms with Gasteiger partial charge in [0.1, 0.15) is 6.10 Å². The SMILES string of the molecule is CCNC(=O)N1CC2(CCn3nc(-c4cnc(N)c(OC(C)c5ccccc5)c4)cc32)C1. The third kappa shape index (κ3) is 3.45. The molecule has 8 heteroatoms. The highest BCUT2D eigenvalue weighted by atomic mass is 16.5. The molecular weight excluding hydrogens is 404 g/mol. The van der Waals surface area contributed by atoms with Crippen molar-refractivity contribution in [3.05, 3.63) is 59.9 Å². The third-order valence-corrected chi connectivity index (χ3v) is 6.48. The van der Waals surface area contributed by atoms with Gasteiger partial charge in [0.15, 0.2) is 11.6 Å². The molecule has 0 aliphatic carbocycles. The van der Waals surface area contributed by atoms with Gasteiger partial charge in [0.25, 0.3) is 0 Å². The van der Waals surface area contributed by atoms with Gasteiger partial charge in [0.2, 0.25) is 0 Å². The van der Waals surface area contributed by atoms with Gasteiger partial charge in [-0.25, -0.2) is 9.78 Å². The van der Waals surface area contributed by atoms with Gasteiger partial charge < -0.3 is 20.7 Å². The summed E-state index contributed by atoms with van der Waals surface area (Å²) in [5.41, 5.74) is 10.1. The first-order valence-electron chi connectivity index (χ1n) is 11.1. The molecule has 0 saturated carbocycles. The zero-order chi connectivity index (χ0) is 22.3. The van der Waals surface area contributed by atoms with E-state index in [0.29, 0.717) is 18.1 Å². The Labute approximate surface area is 187 Å². The number of likely N-dealkylation sites (tertiary alicyclic amines) is 1. The first-order valence-corrected chi connectivity index (χ1v) is 11.1. The Hall–Kier alpha value is -3.55. The molecule has 0 bridgehead atoms. The van der Waals surface area contributed by atoms with E-state index in [1.165, 1.54) is 5.69 Å². The fraction of sp³-hybridized carbons (Fsp3) is 0.375. The molecule has 2 amide bonds. The van der Waals surface area contributed by atoms with Gasteiger partial charge >= 0.3 is 6.03 Å². The number of aromatic nitrogens is 3. The van der Waals surface area contributed by atoms with Crippen LogP contribution in [0, 0.1) is 0 Å². The highest BCUT2D eigenvalue weighted by Crippen LogP contribution is 2.44. The van der Waals surface area contributed by atoms with Crippen LogP contribution in [0.25, 0.3) is 11.3 Å². The second-order valence-corrected chi connectivity index (χ2v) is 8.64. The molecule has 2 aromatic heterocycles. The number of nitrogens with two attached hydrogens (primary N) is 1. The van der Waals surface area contributed by atoms with E-state index >= 15 is 0 Å². The molecule has 166 valence electrons. The number of benzene rings is 1. The molecule has 8 nitrogen and oxygen atoms in total. The second-order valence-electron chi connectivity index (χ2n) is 8.64. The van der Waals surface area contributed by atoms with E-state index in [0.717, 1.165) is 42.9 Å². The molecule has 1 unspecified atom stereocenters. The van der Waals surface area contributed by atoms with Crippen LogP contribution in [0.15, 0.2) is 48.7 Å². The fourth-order valence-electron chi connectivity index (χ4n) is 4.69. The van der Waals surface area contributed by atoms with E-state index in [1.807, 2.05) is 55.1 Å². The number of hydrogen-bond donors (Lipinski definition) is 2. The first kappa shape index (κ1) is 20.4. The van der Waals surface area contributed by atoms with Crippen molar-refractivity contribution >= 4 is 11.8 Å². The molecule has 0 radical (unpaired) electrons. The zero-order valence-corrected chi connectivity index (χ0v) is 18.4. The van der Waals surface area contributed by atoms with E-state index in [9.17, 15) is 4.79 Å². The smallest absolute Gasteiger partial charge is 0.317 e. The molecule has 1 atom stereocenters. The number of carbonyl (C=O) groups is 1. The van der Waals surface area contributed by atoms with Crippen LogP contribution < -0.4 is 15.8 Å². The molecule has 1 fully saturated rings. The Morgan fingerprint density at radius 3 is 2.81 bits per heavy atom. The first-order chi connectivity index (χ1) is 15.5. The maximum atomic E-state index is 12.1. The van der Waals surface area contributed by atoms with E-state index in [1.54, 1.807) is 6.20 Å². The molecule has 1 spiro atoms. The van der Waals surface area contributed by atoms with Gasteiger partial charge in [-0.05, 0) is 38.0 Å². The van der Waals surface area contributed by atoms with Gasteiger partial charge in [-0.3, -0.25) is 4.68 Å². The largest absolute Gasteiger partial charge is 0.482 e. The number of aryl methyl sites for hydroxylation is 1. The summed E-state index contributed by atoms with van der Waals surface area (Å²) < 4.78 is 8.20. The van der Waals surface area contributed by atoms with Crippen molar-refractivity contribution in [3.8, 4) is 17.0 Å². The molecule has 3 N–H and O–H groups in total. The summed E-state index contributed by atoms with van der Waals surface area (Å²) in [5, 5.41) is 7.69. The quantitative estimate of drug-likeness (QED) is 0.644.